The molecule has 1 amide bonds. The van der Waals surface area contributed by atoms with Crippen molar-refractivity contribution in [1.82, 2.24) is 14.8 Å². The average Bonchev–Trinajstić information content (AvgIpc) is 3.13. The molecule has 0 radical (unpaired) electrons. The van der Waals surface area contributed by atoms with E-state index in [2.05, 4.69) is 23.6 Å². The quantitative estimate of drug-likeness (QED) is 0.214. The minimum Gasteiger partial charge on any atom is -0.477 e. The number of nitrogens with zero attached hydrogens (tertiary/aromatic N) is 4. The van der Waals surface area contributed by atoms with Gasteiger partial charge in [-0.25, -0.2) is 0 Å². The number of piperidine rings is 1. The van der Waals surface area contributed by atoms with Crippen molar-refractivity contribution in [2.75, 3.05) is 44.2 Å². The lowest BCUT2D eigenvalue weighted by molar-refractivity contribution is -0.143. The van der Waals surface area contributed by atoms with Crippen LogP contribution in [0.4, 0.5) is 32.2 Å². The molecule has 2 aromatic carbocycles. The van der Waals surface area contributed by atoms with Gasteiger partial charge in [0.25, 0.3) is 0 Å². The summed E-state index contributed by atoms with van der Waals surface area (Å²) in [5.41, 5.74) is -0.929. The molecule has 0 unspecified atom stereocenters. The topological polar surface area (TPSA) is 48.9 Å². The van der Waals surface area contributed by atoms with Crippen LogP contribution in [0.2, 0.25) is 0 Å². The molecule has 3 aromatic rings. The van der Waals surface area contributed by atoms with Gasteiger partial charge in [-0.1, -0.05) is 44.2 Å². The lowest BCUT2D eigenvalue weighted by atomic mass is 9.97. The normalized spacial score (nSPS) is 16.7. The first-order valence-electron chi connectivity index (χ1n) is 16.6. The summed E-state index contributed by atoms with van der Waals surface area (Å²) in [6.45, 7) is 8.04. The number of halogens is 6. The van der Waals surface area contributed by atoms with Crippen LogP contribution < -0.4 is 9.64 Å². The molecule has 1 fully saturated rings. The summed E-state index contributed by atoms with van der Waals surface area (Å²) in [7, 11) is 0. The zero-order chi connectivity index (χ0) is 34.5. The van der Waals surface area contributed by atoms with Gasteiger partial charge < -0.3 is 19.4 Å². The Morgan fingerprint density at radius 2 is 1.50 bits per heavy atom. The number of aromatic nitrogens is 1. The van der Waals surface area contributed by atoms with E-state index in [0.717, 1.165) is 68.8 Å². The molecular weight excluding hydrogens is 634 g/mol. The van der Waals surface area contributed by atoms with Crippen molar-refractivity contribution in [2.24, 2.45) is 0 Å². The van der Waals surface area contributed by atoms with Gasteiger partial charge in [-0.3, -0.25) is 4.79 Å². The summed E-state index contributed by atoms with van der Waals surface area (Å²) in [6.07, 6.45) is -5.60. The molecule has 0 N–H and O–H groups in total. The van der Waals surface area contributed by atoms with Crippen LogP contribution in [0.25, 0.3) is 11.1 Å². The number of pyridine rings is 1. The lowest BCUT2D eigenvalue weighted by Crippen LogP contribution is -2.45. The van der Waals surface area contributed by atoms with E-state index >= 15 is 0 Å². The van der Waals surface area contributed by atoms with E-state index in [1.165, 1.54) is 4.90 Å². The summed E-state index contributed by atoms with van der Waals surface area (Å²) in [4.78, 5) is 24.8. The SMILES string of the molecule is CCCN(CCC)C1CCN(c2cc(-c3ccccc3)c3c(n2)OCCCN(Cc2cc(C(F)(F)F)cc(C(F)(F)F)c2)C(=O)C3)CC1. The van der Waals surface area contributed by atoms with Crippen molar-refractivity contribution < 1.29 is 35.9 Å². The molecule has 2 aliphatic rings. The minimum absolute atomic E-state index is 0.0947. The summed E-state index contributed by atoms with van der Waals surface area (Å²) in [6, 6.07) is 13.4. The van der Waals surface area contributed by atoms with Gasteiger partial charge >= 0.3 is 12.4 Å². The molecule has 0 aliphatic carbocycles. The fourth-order valence-electron chi connectivity index (χ4n) is 6.68. The molecule has 0 saturated carbocycles. The van der Waals surface area contributed by atoms with Gasteiger partial charge in [-0.2, -0.15) is 31.3 Å². The standard InChI is InChI=1S/C36H42F6N4O2/c1-3-13-44(14-4-2)29-11-16-45(17-12-29)32-22-30(26-9-6-5-7-10-26)31-23-33(47)46(15-8-18-48-34(31)43-32)24-25-19-27(35(37,38)39)21-28(20-25)36(40,41)42/h5-7,9-10,19-22,29H,3-4,8,11-18,23-24H2,1-2H3. The van der Waals surface area contributed by atoms with Gasteiger partial charge in [0.1, 0.15) is 5.82 Å². The van der Waals surface area contributed by atoms with Crippen molar-refractivity contribution in [2.45, 2.75) is 77.3 Å². The molecule has 1 saturated heterocycles. The first kappa shape index (κ1) is 35.5. The van der Waals surface area contributed by atoms with Crippen LogP contribution in [0.15, 0.2) is 54.6 Å². The number of anilines is 1. The number of hydrogen-bond acceptors (Lipinski definition) is 5. The van der Waals surface area contributed by atoms with Gasteiger partial charge in [0.2, 0.25) is 11.8 Å². The number of amides is 1. The Labute approximate surface area is 277 Å². The van der Waals surface area contributed by atoms with E-state index < -0.39 is 35.9 Å². The molecule has 0 atom stereocenters. The van der Waals surface area contributed by atoms with Gasteiger partial charge in [-0.05, 0) is 86.1 Å². The van der Waals surface area contributed by atoms with Gasteiger partial charge in [0.05, 0.1) is 24.2 Å². The Morgan fingerprint density at radius 3 is 2.08 bits per heavy atom. The Bertz CT molecular complexity index is 1500. The minimum atomic E-state index is -4.98. The monoisotopic (exact) mass is 676 g/mol. The molecule has 6 nitrogen and oxygen atoms in total. The molecule has 2 aliphatic heterocycles. The first-order valence-corrected chi connectivity index (χ1v) is 16.6. The number of benzene rings is 2. The number of alkyl halides is 6. The summed E-state index contributed by atoms with van der Waals surface area (Å²) >= 11 is 0. The van der Waals surface area contributed by atoms with Crippen LogP contribution in [-0.4, -0.2) is 66.1 Å². The molecule has 3 heterocycles. The van der Waals surface area contributed by atoms with Crippen molar-refractivity contribution in [3.63, 3.8) is 0 Å². The largest absolute Gasteiger partial charge is 0.477 e. The number of carbonyl (C=O) groups is 1. The predicted octanol–water partition coefficient (Wildman–Crippen LogP) is 8.23. The Hall–Kier alpha value is -3.80. The van der Waals surface area contributed by atoms with Crippen molar-refractivity contribution in [3.8, 4) is 17.0 Å². The van der Waals surface area contributed by atoms with Crippen LogP contribution in [0, 0.1) is 0 Å². The van der Waals surface area contributed by atoms with Crippen LogP contribution in [0.5, 0.6) is 5.88 Å². The molecule has 1 aromatic heterocycles. The third-order valence-electron chi connectivity index (χ3n) is 9.00. The number of hydrogen-bond donors (Lipinski definition) is 0. The smallest absolute Gasteiger partial charge is 0.416 e. The fraction of sp³-hybridized carbons (Fsp3) is 0.500. The Balaban J connectivity index is 1.44. The maximum Gasteiger partial charge on any atom is 0.416 e. The number of fused-ring (bicyclic) bond motifs is 1. The van der Waals surface area contributed by atoms with E-state index in [4.69, 9.17) is 9.72 Å². The molecule has 0 bridgehead atoms. The van der Waals surface area contributed by atoms with Gasteiger partial charge in [0, 0.05) is 37.8 Å². The van der Waals surface area contributed by atoms with Crippen molar-refractivity contribution >= 4 is 11.7 Å². The first-order chi connectivity index (χ1) is 22.9. The zero-order valence-electron chi connectivity index (χ0n) is 27.3. The van der Waals surface area contributed by atoms with E-state index in [1.807, 2.05) is 36.4 Å². The maximum absolute atomic E-state index is 13.8. The molecule has 48 heavy (non-hydrogen) atoms. The van der Waals surface area contributed by atoms with Crippen molar-refractivity contribution in [3.05, 3.63) is 76.9 Å². The van der Waals surface area contributed by atoms with Crippen molar-refractivity contribution in [1.29, 1.82) is 0 Å². The van der Waals surface area contributed by atoms with E-state index in [0.29, 0.717) is 36.0 Å². The Kier molecular flexibility index (Phi) is 11.2. The molecule has 12 heteroatoms. The van der Waals surface area contributed by atoms with Gasteiger partial charge in [0.15, 0.2) is 0 Å². The molecular formula is C36H42F6N4O2. The lowest BCUT2D eigenvalue weighted by Gasteiger charge is -2.39. The zero-order valence-corrected chi connectivity index (χ0v) is 27.3. The summed E-state index contributed by atoms with van der Waals surface area (Å²) < 4.78 is 87.4. The molecule has 5 rings (SSSR count). The van der Waals surface area contributed by atoms with E-state index in [9.17, 15) is 31.1 Å². The highest BCUT2D eigenvalue weighted by Gasteiger charge is 2.37. The van der Waals surface area contributed by atoms with E-state index in [-0.39, 0.29) is 31.2 Å². The number of carbonyl (C=O) groups excluding carboxylic acids is 1. The molecule has 0 spiro atoms. The van der Waals surface area contributed by atoms with Crippen LogP contribution in [-0.2, 0) is 30.1 Å². The van der Waals surface area contributed by atoms with Gasteiger partial charge in [-0.15, -0.1) is 0 Å². The second kappa shape index (κ2) is 15.2. The third-order valence-corrected chi connectivity index (χ3v) is 9.00. The summed E-state index contributed by atoms with van der Waals surface area (Å²) in [5, 5.41) is 0. The average molecular weight is 677 g/mol. The van der Waals surface area contributed by atoms with Crippen LogP contribution in [0.1, 0.15) is 68.2 Å². The summed E-state index contributed by atoms with van der Waals surface area (Å²) in [5.74, 6) is 0.628. The van der Waals surface area contributed by atoms with E-state index in [1.54, 1.807) is 0 Å². The third kappa shape index (κ3) is 8.61. The second-order valence-corrected chi connectivity index (χ2v) is 12.5. The highest BCUT2D eigenvalue weighted by atomic mass is 19.4. The highest BCUT2D eigenvalue weighted by molar-refractivity contribution is 5.84. The predicted molar refractivity (Wildman–Crippen MR) is 173 cm³/mol. The number of rotatable bonds is 9. The number of ether oxygens (including phenoxy) is 1. The Morgan fingerprint density at radius 1 is 0.875 bits per heavy atom. The molecule has 260 valence electrons. The fourth-order valence-corrected chi connectivity index (χ4v) is 6.68. The van der Waals surface area contributed by atoms with Crippen LogP contribution in [0.3, 0.4) is 0 Å². The second-order valence-electron chi connectivity index (χ2n) is 12.5. The maximum atomic E-state index is 13.8. The highest BCUT2D eigenvalue weighted by Crippen LogP contribution is 2.38. The van der Waals surface area contributed by atoms with Crippen LogP contribution >= 0.6 is 0 Å².